The van der Waals surface area contributed by atoms with Crippen LogP contribution in [0.25, 0.3) is 11.5 Å². The van der Waals surface area contributed by atoms with Crippen LogP contribution in [-0.4, -0.2) is 20.0 Å². The molecule has 0 amide bonds. The molecular formula is C7H6N4. The van der Waals surface area contributed by atoms with Crippen LogP contribution >= 0.6 is 0 Å². The Kier molecular flexibility index (Phi) is 0.753. The van der Waals surface area contributed by atoms with E-state index in [1.807, 2.05) is 6.20 Å². The van der Waals surface area contributed by atoms with Crippen molar-refractivity contribution in [2.75, 3.05) is 0 Å². The summed E-state index contributed by atoms with van der Waals surface area (Å²) < 4.78 is 2.09. The molecule has 0 unspecified atom stereocenters. The van der Waals surface area contributed by atoms with Gasteiger partial charge in [-0.1, -0.05) is 0 Å². The number of pyridine rings is 1. The number of hydrogen-bond acceptors (Lipinski definition) is 3. The highest BCUT2D eigenvalue weighted by Crippen LogP contribution is 2.26. The molecule has 4 nitrogen and oxygen atoms in total. The minimum atomic E-state index is 0.925. The van der Waals surface area contributed by atoms with Gasteiger partial charge in [-0.25, -0.2) is 0 Å². The van der Waals surface area contributed by atoms with Crippen molar-refractivity contribution in [3.05, 3.63) is 17.8 Å². The van der Waals surface area contributed by atoms with Gasteiger partial charge in [0.2, 0.25) is 0 Å². The van der Waals surface area contributed by atoms with Crippen molar-refractivity contribution in [2.45, 2.75) is 13.0 Å². The molecule has 0 spiro atoms. The SMILES string of the molecule is c1cn2c3nnnc-3c1CC2. The van der Waals surface area contributed by atoms with Gasteiger partial charge >= 0.3 is 0 Å². The standard InChI is InChI=1S/C7H6N4/c1-3-11-4-2-5(1)6-7(11)9-10-8-6/h1,3H,2,4H2. The maximum absolute atomic E-state index is 3.95. The Morgan fingerprint density at radius 3 is 3.09 bits per heavy atom. The van der Waals surface area contributed by atoms with Gasteiger partial charge in [0.25, 0.3) is 0 Å². The molecule has 11 heavy (non-hydrogen) atoms. The third kappa shape index (κ3) is 0.520. The van der Waals surface area contributed by atoms with Crippen molar-refractivity contribution < 1.29 is 0 Å². The monoisotopic (exact) mass is 146 g/mol. The van der Waals surface area contributed by atoms with E-state index < -0.39 is 0 Å². The van der Waals surface area contributed by atoms with E-state index in [2.05, 4.69) is 26.0 Å². The zero-order chi connectivity index (χ0) is 7.26. The average Bonchev–Trinajstić information content (AvgIpc) is 2.55. The second kappa shape index (κ2) is 1.58. The molecule has 4 aliphatic heterocycles. The molecule has 4 heterocycles. The highest BCUT2D eigenvalue weighted by atomic mass is 15.4. The third-order valence-corrected chi connectivity index (χ3v) is 2.15. The Bertz CT molecular complexity index is 343. The first kappa shape index (κ1) is 5.23. The van der Waals surface area contributed by atoms with Crippen molar-refractivity contribution in [1.29, 1.82) is 0 Å². The van der Waals surface area contributed by atoms with Crippen LogP contribution < -0.4 is 0 Å². The van der Waals surface area contributed by atoms with E-state index in [4.69, 9.17) is 0 Å². The molecular weight excluding hydrogens is 140 g/mol. The molecule has 4 aliphatic rings. The molecule has 0 aromatic rings. The largest absolute Gasteiger partial charge is 0.329 e. The Morgan fingerprint density at radius 2 is 2.36 bits per heavy atom. The van der Waals surface area contributed by atoms with Gasteiger partial charge in [0.1, 0.15) is 5.69 Å². The van der Waals surface area contributed by atoms with Crippen molar-refractivity contribution >= 4 is 0 Å². The molecule has 0 atom stereocenters. The van der Waals surface area contributed by atoms with Crippen LogP contribution in [0.2, 0.25) is 0 Å². The summed E-state index contributed by atoms with van der Waals surface area (Å²) in [6.45, 7) is 1.03. The van der Waals surface area contributed by atoms with Gasteiger partial charge in [0, 0.05) is 12.7 Å². The molecule has 0 radical (unpaired) electrons. The quantitative estimate of drug-likeness (QED) is 0.538. The minimum absolute atomic E-state index is 0.925. The van der Waals surface area contributed by atoms with Gasteiger partial charge in [0.05, 0.1) is 0 Å². The molecule has 2 bridgehead atoms. The topological polar surface area (TPSA) is 43.6 Å². The molecule has 4 rings (SSSR count). The smallest absolute Gasteiger partial charge is 0.185 e. The lowest BCUT2D eigenvalue weighted by Gasteiger charge is -2.18. The number of aryl methyl sites for hydroxylation is 2. The summed E-state index contributed by atoms with van der Waals surface area (Å²) in [6, 6.07) is 2.09. The lowest BCUT2D eigenvalue weighted by molar-refractivity contribution is 0.651. The maximum atomic E-state index is 3.95. The summed E-state index contributed by atoms with van der Waals surface area (Å²) in [5.41, 5.74) is 2.24. The van der Waals surface area contributed by atoms with E-state index in [9.17, 15) is 0 Å². The second-order valence-electron chi connectivity index (χ2n) is 2.75. The number of nitrogens with zero attached hydrogens (tertiary/aromatic N) is 4. The van der Waals surface area contributed by atoms with Crippen LogP contribution in [0.15, 0.2) is 12.3 Å². The van der Waals surface area contributed by atoms with Gasteiger partial charge in [-0.2, -0.15) is 0 Å². The fraction of sp³-hybridized carbons (Fsp3) is 0.286. The summed E-state index contributed by atoms with van der Waals surface area (Å²) in [4.78, 5) is 0. The van der Waals surface area contributed by atoms with Crippen molar-refractivity contribution in [3.8, 4) is 11.5 Å². The van der Waals surface area contributed by atoms with Gasteiger partial charge in [0.15, 0.2) is 5.82 Å². The molecule has 0 aliphatic carbocycles. The molecule has 4 heteroatoms. The predicted octanol–water partition coefficient (Wildman–Crippen LogP) is 0.334. The highest BCUT2D eigenvalue weighted by molar-refractivity contribution is 5.57. The van der Waals surface area contributed by atoms with Crippen molar-refractivity contribution in [2.24, 2.45) is 0 Å². The summed E-state index contributed by atoms with van der Waals surface area (Å²) in [7, 11) is 0. The summed E-state index contributed by atoms with van der Waals surface area (Å²) in [5, 5.41) is 11.5. The Balaban J connectivity index is 2.51. The lowest BCUT2D eigenvalue weighted by Crippen LogP contribution is -2.14. The number of rotatable bonds is 0. The first-order chi connectivity index (χ1) is 5.45. The van der Waals surface area contributed by atoms with E-state index in [0.717, 1.165) is 24.5 Å². The predicted molar refractivity (Wildman–Crippen MR) is 38.1 cm³/mol. The molecule has 54 valence electrons. The third-order valence-electron chi connectivity index (χ3n) is 2.15. The fourth-order valence-corrected chi connectivity index (χ4v) is 1.56. The molecule has 0 fully saturated rings. The van der Waals surface area contributed by atoms with E-state index in [1.165, 1.54) is 5.56 Å². The van der Waals surface area contributed by atoms with E-state index in [1.54, 1.807) is 0 Å². The van der Waals surface area contributed by atoms with Crippen LogP contribution in [0, 0.1) is 0 Å². The number of aromatic nitrogens is 4. The molecule has 0 aromatic heterocycles. The first-order valence-corrected chi connectivity index (χ1v) is 3.62. The zero-order valence-corrected chi connectivity index (χ0v) is 5.86. The zero-order valence-electron chi connectivity index (χ0n) is 5.86. The lowest BCUT2D eigenvalue weighted by atomic mass is 10.1. The second-order valence-corrected chi connectivity index (χ2v) is 2.75. The van der Waals surface area contributed by atoms with Crippen LogP contribution in [-0.2, 0) is 13.0 Å². The average molecular weight is 146 g/mol. The summed E-state index contributed by atoms with van der Waals surface area (Å²) in [6.07, 6.45) is 3.11. The molecule has 0 N–H and O–H groups in total. The normalized spacial score (nSPS) is 14.5. The first-order valence-electron chi connectivity index (χ1n) is 3.62. The Morgan fingerprint density at radius 1 is 1.36 bits per heavy atom. The van der Waals surface area contributed by atoms with Crippen molar-refractivity contribution in [3.63, 3.8) is 0 Å². The van der Waals surface area contributed by atoms with Gasteiger partial charge in [-0.15, -0.1) is 10.2 Å². The fourth-order valence-electron chi connectivity index (χ4n) is 1.56. The minimum Gasteiger partial charge on any atom is -0.329 e. The van der Waals surface area contributed by atoms with Gasteiger partial charge in [-0.05, 0) is 23.3 Å². The molecule has 0 saturated heterocycles. The molecule has 0 saturated carbocycles. The van der Waals surface area contributed by atoms with Crippen LogP contribution in [0.4, 0.5) is 0 Å². The number of hydrogen-bond donors (Lipinski definition) is 0. The van der Waals surface area contributed by atoms with Crippen LogP contribution in [0.5, 0.6) is 0 Å². The Hall–Kier alpha value is -1.45. The van der Waals surface area contributed by atoms with Crippen LogP contribution in [0.3, 0.4) is 0 Å². The van der Waals surface area contributed by atoms with E-state index >= 15 is 0 Å². The highest BCUT2D eigenvalue weighted by Gasteiger charge is 2.20. The maximum Gasteiger partial charge on any atom is 0.185 e. The molecule has 0 aromatic carbocycles. The Labute approximate surface area is 63.2 Å². The summed E-state index contributed by atoms with van der Waals surface area (Å²) >= 11 is 0. The summed E-state index contributed by atoms with van der Waals surface area (Å²) in [5.74, 6) is 0.925. The van der Waals surface area contributed by atoms with Crippen molar-refractivity contribution in [1.82, 2.24) is 20.0 Å². The van der Waals surface area contributed by atoms with E-state index in [-0.39, 0.29) is 0 Å². The van der Waals surface area contributed by atoms with E-state index in [0.29, 0.717) is 0 Å². The number of fused-ring (bicyclic) bond motifs is 2. The van der Waals surface area contributed by atoms with Gasteiger partial charge in [-0.3, -0.25) is 0 Å². The van der Waals surface area contributed by atoms with Crippen LogP contribution in [0.1, 0.15) is 5.56 Å². The van der Waals surface area contributed by atoms with Gasteiger partial charge < -0.3 is 4.57 Å².